The average molecular weight is 190 g/mol. The van der Waals surface area contributed by atoms with Gasteiger partial charge in [0.1, 0.15) is 0 Å². The average Bonchev–Trinajstić information content (AvgIpc) is 2.12. The second kappa shape index (κ2) is 7.20. The number of carbonyl (C=O) groups is 2. The Kier molecular flexibility index (Phi) is 6.39. The minimum atomic E-state index is -0.523. The van der Waals surface area contributed by atoms with Gasteiger partial charge in [-0.1, -0.05) is 0 Å². The monoisotopic (exact) mass is 190 g/mol. The lowest BCUT2D eigenvalue weighted by Gasteiger charge is -2.05. The van der Waals surface area contributed by atoms with E-state index in [1.54, 1.807) is 6.92 Å². The van der Waals surface area contributed by atoms with Crippen LogP contribution >= 0.6 is 0 Å². The quantitative estimate of drug-likeness (QED) is 0.616. The second-order valence-electron chi connectivity index (χ2n) is 2.07. The molecule has 0 aliphatic carbocycles. The van der Waals surface area contributed by atoms with E-state index in [4.69, 9.17) is 0 Å². The summed E-state index contributed by atoms with van der Waals surface area (Å²) >= 11 is 0. The van der Waals surface area contributed by atoms with Crippen molar-refractivity contribution in [3.63, 3.8) is 0 Å². The first kappa shape index (κ1) is 11.5. The van der Waals surface area contributed by atoms with Gasteiger partial charge in [-0.15, -0.1) is 0 Å². The maximum Gasteiger partial charge on any atom is 0.407 e. The molecule has 0 spiro atoms. The molecule has 0 saturated heterocycles. The summed E-state index contributed by atoms with van der Waals surface area (Å²) < 4.78 is 8.89. The number of nitrogens with one attached hydrogen (secondary N) is 2. The molecule has 0 aromatic rings. The molecule has 0 aliphatic rings. The van der Waals surface area contributed by atoms with Crippen LogP contribution in [-0.2, 0) is 9.47 Å². The summed E-state index contributed by atoms with van der Waals surface area (Å²) in [5.74, 6) is 0. The van der Waals surface area contributed by atoms with E-state index in [0.29, 0.717) is 19.7 Å². The number of hydrogen-bond donors (Lipinski definition) is 2. The van der Waals surface area contributed by atoms with Crippen molar-refractivity contribution in [2.45, 2.75) is 6.92 Å². The topological polar surface area (TPSA) is 76.7 Å². The Morgan fingerprint density at radius 1 is 1.15 bits per heavy atom. The van der Waals surface area contributed by atoms with E-state index < -0.39 is 12.2 Å². The number of amides is 2. The molecule has 0 aromatic heterocycles. The molecule has 0 atom stereocenters. The molecule has 0 heterocycles. The first-order chi connectivity index (χ1) is 6.20. The highest BCUT2D eigenvalue weighted by Crippen LogP contribution is 1.75. The van der Waals surface area contributed by atoms with Gasteiger partial charge >= 0.3 is 12.2 Å². The lowest BCUT2D eigenvalue weighted by Crippen LogP contribution is -2.34. The molecule has 2 amide bonds. The van der Waals surface area contributed by atoms with Crippen LogP contribution in [0.3, 0.4) is 0 Å². The fourth-order valence-electron chi connectivity index (χ4n) is 0.583. The fourth-order valence-corrected chi connectivity index (χ4v) is 0.583. The Hall–Kier alpha value is -1.46. The van der Waals surface area contributed by atoms with Crippen LogP contribution in [-0.4, -0.2) is 39.0 Å². The normalized spacial score (nSPS) is 8.77. The summed E-state index contributed by atoms with van der Waals surface area (Å²) in [7, 11) is 1.27. The maximum atomic E-state index is 10.7. The summed E-state index contributed by atoms with van der Waals surface area (Å²) in [6.07, 6.45) is -1.01. The Morgan fingerprint density at radius 3 is 2.15 bits per heavy atom. The first-order valence-electron chi connectivity index (χ1n) is 3.93. The summed E-state index contributed by atoms with van der Waals surface area (Å²) in [4.78, 5) is 21.2. The highest BCUT2D eigenvalue weighted by Gasteiger charge is 1.99. The molecule has 0 bridgehead atoms. The highest BCUT2D eigenvalue weighted by molar-refractivity contribution is 5.68. The molecular formula is C7H14N2O4. The predicted molar refractivity (Wildman–Crippen MR) is 45.4 cm³/mol. The molecule has 13 heavy (non-hydrogen) atoms. The van der Waals surface area contributed by atoms with Crippen molar-refractivity contribution < 1.29 is 19.1 Å². The summed E-state index contributed by atoms with van der Waals surface area (Å²) in [5, 5.41) is 4.83. The Morgan fingerprint density at radius 2 is 1.69 bits per heavy atom. The third-order valence-electron chi connectivity index (χ3n) is 1.12. The number of methoxy groups -OCH3 is 1. The van der Waals surface area contributed by atoms with Crippen LogP contribution in [0.5, 0.6) is 0 Å². The summed E-state index contributed by atoms with van der Waals surface area (Å²) in [6.45, 7) is 2.67. The van der Waals surface area contributed by atoms with E-state index >= 15 is 0 Å². The number of alkyl carbamates (subject to hydrolysis) is 2. The van der Waals surface area contributed by atoms with Crippen molar-refractivity contribution in [2.24, 2.45) is 0 Å². The van der Waals surface area contributed by atoms with Gasteiger partial charge in [0, 0.05) is 13.1 Å². The van der Waals surface area contributed by atoms with Gasteiger partial charge in [0.2, 0.25) is 0 Å². The van der Waals surface area contributed by atoms with Crippen molar-refractivity contribution in [3.8, 4) is 0 Å². The van der Waals surface area contributed by atoms with E-state index in [0.717, 1.165) is 0 Å². The van der Waals surface area contributed by atoms with Gasteiger partial charge in [-0.3, -0.25) is 0 Å². The van der Waals surface area contributed by atoms with Crippen molar-refractivity contribution in [3.05, 3.63) is 0 Å². The number of carbonyl (C=O) groups excluding carboxylic acids is 2. The summed E-state index contributed by atoms with van der Waals surface area (Å²) in [5.41, 5.74) is 0. The van der Waals surface area contributed by atoms with Crippen molar-refractivity contribution in [2.75, 3.05) is 26.8 Å². The van der Waals surface area contributed by atoms with Gasteiger partial charge in [0.05, 0.1) is 13.7 Å². The van der Waals surface area contributed by atoms with Crippen LogP contribution < -0.4 is 10.6 Å². The molecule has 0 radical (unpaired) electrons. The van der Waals surface area contributed by atoms with E-state index in [9.17, 15) is 9.59 Å². The Bertz CT molecular complexity index is 172. The van der Waals surface area contributed by atoms with E-state index in [1.165, 1.54) is 7.11 Å². The highest BCUT2D eigenvalue weighted by atomic mass is 16.5. The first-order valence-corrected chi connectivity index (χ1v) is 3.93. The van der Waals surface area contributed by atoms with Crippen molar-refractivity contribution in [1.82, 2.24) is 10.6 Å². The van der Waals surface area contributed by atoms with Gasteiger partial charge < -0.3 is 20.1 Å². The van der Waals surface area contributed by atoms with Gasteiger partial charge in [0.25, 0.3) is 0 Å². The molecule has 0 aromatic carbocycles. The number of hydrogen-bond acceptors (Lipinski definition) is 4. The zero-order valence-electron chi connectivity index (χ0n) is 7.75. The van der Waals surface area contributed by atoms with Crippen molar-refractivity contribution in [1.29, 1.82) is 0 Å². The van der Waals surface area contributed by atoms with Crippen LogP contribution in [0.15, 0.2) is 0 Å². The largest absolute Gasteiger partial charge is 0.453 e. The standard InChI is InChI=1S/C7H14N2O4/c1-3-13-7(11)9-5-4-8-6(10)12-2/h3-5H2,1-2H3,(H,8,10)(H,9,11). The molecule has 0 rings (SSSR count). The van der Waals surface area contributed by atoms with E-state index in [-0.39, 0.29) is 0 Å². The summed E-state index contributed by atoms with van der Waals surface area (Å²) in [6, 6.07) is 0. The maximum absolute atomic E-state index is 10.7. The van der Waals surface area contributed by atoms with E-state index in [2.05, 4.69) is 20.1 Å². The van der Waals surface area contributed by atoms with Crippen LogP contribution in [0.2, 0.25) is 0 Å². The molecule has 6 heteroatoms. The molecule has 0 fully saturated rings. The Balaban J connectivity index is 3.25. The number of rotatable bonds is 4. The molecule has 76 valence electrons. The van der Waals surface area contributed by atoms with Gasteiger partial charge in [-0.05, 0) is 6.92 Å². The number of ether oxygens (including phenoxy) is 2. The fraction of sp³-hybridized carbons (Fsp3) is 0.714. The SMILES string of the molecule is CCOC(=O)NCCNC(=O)OC. The van der Waals surface area contributed by atoms with Crippen molar-refractivity contribution >= 4 is 12.2 Å². The predicted octanol–water partition coefficient (Wildman–Crippen LogP) is 0.0885. The van der Waals surface area contributed by atoms with Crippen LogP contribution in [0.25, 0.3) is 0 Å². The lowest BCUT2D eigenvalue weighted by atomic mass is 10.6. The van der Waals surface area contributed by atoms with Crippen LogP contribution in [0.4, 0.5) is 9.59 Å². The van der Waals surface area contributed by atoms with E-state index in [1.807, 2.05) is 0 Å². The molecule has 6 nitrogen and oxygen atoms in total. The third kappa shape index (κ3) is 6.92. The third-order valence-corrected chi connectivity index (χ3v) is 1.12. The lowest BCUT2D eigenvalue weighted by molar-refractivity contribution is 0.151. The van der Waals surface area contributed by atoms with Crippen LogP contribution in [0.1, 0.15) is 6.92 Å². The molecule has 0 saturated carbocycles. The second-order valence-corrected chi connectivity index (χ2v) is 2.07. The minimum absolute atomic E-state index is 0.311. The smallest absolute Gasteiger partial charge is 0.407 e. The van der Waals surface area contributed by atoms with Crippen LogP contribution in [0, 0.1) is 0 Å². The minimum Gasteiger partial charge on any atom is -0.453 e. The van der Waals surface area contributed by atoms with Gasteiger partial charge in [-0.2, -0.15) is 0 Å². The van der Waals surface area contributed by atoms with Gasteiger partial charge in [0.15, 0.2) is 0 Å². The zero-order chi connectivity index (χ0) is 10.1. The zero-order valence-corrected chi connectivity index (χ0v) is 7.75. The molecular weight excluding hydrogens is 176 g/mol. The Labute approximate surface area is 76.6 Å². The molecule has 0 unspecified atom stereocenters. The van der Waals surface area contributed by atoms with Gasteiger partial charge in [-0.25, -0.2) is 9.59 Å². The molecule has 0 aliphatic heterocycles. The molecule has 2 N–H and O–H groups in total.